The molecule has 0 N–H and O–H groups in total. The second-order valence-electron chi connectivity index (χ2n) is 9.29. The van der Waals surface area contributed by atoms with Gasteiger partial charge in [-0.15, -0.1) is 0 Å². The van der Waals surface area contributed by atoms with Gasteiger partial charge in [-0.1, -0.05) is 60.2 Å². The van der Waals surface area contributed by atoms with E-state index in [1.165, 1.54) is 6.92 Å². The second kappa shape index (κ2) is 7.65. The fourth-order valence-corrected chi connectivity index (χ4v) is 6.47. The molecule has 0 amide bonds. The molecule has 1 aliphatic carbocycles. The van der Waals surface area contributed by atoms with Gasteiger partial charge in [0.1, 0.15) is 11.2 Å². The van der Waals surface area contributed by atoms with Gasteiger partial charge < -0.3 is 9.64 Å². The van der Waals surface area contributed by atoms with Gasteiger partial charge in [-0.05, 0) is 48.4 Å². The second-order valence-corrected chi connectivity index (χ2v) is 9.73. The fourth-order valence-electron chi connectivity index (χ4n) is 6.29. The summed E-state index contributed by atoms with van der Waals surface area (Å²) in [6, 6.07) is 18.4. The van der Waals surface area contributed by atoms with Gasteiger partial charge in [-0.3, -0.25) is 14.4 Å². The van der Waals surface area contributed by atoms with E-state index in [1.54, 1.807) is 49.6 Å². The van der Waals surface area contributed by atoms with E-state index in [4.69, 9.17) is 16.3 Å². The van der Waals surface area contributed by atoms with Crippen LogP contribution >= 0.6 is 11.6 Å². The number of Topliss-reactive ketones (excluding diaryl/α,β-unsaturated/α-hetero) is 3. The van der Waals surface area contributed by atoms with Crippen molar-refractivity contribution in [1.82, 2.24) is 0 Å². The van der Waals surface area contributed by atoms with Crippen LogP contribution < -0.4 is 9.64 Å². The Bertz CT molecular complexity index is 1410. The molecule has 3 aromatic carbocycles. The number of benzene rings is 3. The van der Waals surface area contributed by atoms with Crippen LogP contribution in [0.4, 0.5) is 5.69 Å². The number of fused-ring (bicyclic) bond motifs is 5. The number of ether oxygens (including phenoxy) is 1. The monoisotopic (exact) mass is 483 g/mol. The molecular formula is C29H22ClNO4. The number of rotatable bonds is 3. The molecule has 5 nitrogen and oxygen atoms in total. The maximum absolute atomic E-state index is 14.3. The van der Waals surface area contributed by atoms with Crippen LogP contribution in [-0.4, -0.2) is 36.5 Å². The summed E-state index contributed by atoms with van der Waals surface area (Å²) >= 11 is 6.26. The van der Waals surface area contributed by atoms with E-state index < -0.39 is 23.4 Å². The van der Waals surface area contributed by atoms with Crippen LogP contribution in [0.5, 0.6) is 5.75 Å². The number of methoxy groups -OCH3 is 1. The van der Waals surface area contributed by atoms with Crippen LogP contribution in [0.3, 0.4) is 0 Å². The third-order valence-corrected chi connectivity index (χ3v) is 7.89. The number of ketones is 3. The zero-order chi connectivity index (χ0) is 24.5. The van der Waals surface area contributed by atoms with Crippen molar-refractivity contribution in [2.75, 3.05) is 12.0 Å². The van der Waals surface area contributed by atoms with Gasteiger partial charge in [0.2, 0.25) is 0 Å². The molecule has 2 heterocycles. The quantitative estimate of drug-likeness (QED) is 0.468. The number of halogens is 1. The predicted molar refractivity (Wildman–Crippen MR) is 134 cm³/mol. The topological polar surface area (TPSA) is 63.7 Å². The lowest BCUT2D eigenvalue weighted by Crippen LogP contribution is -2.48. The summed E-state index contributed by atoms with van der Waals surface area (Å²) in [5.74, 6) is -0.611. The zero-order valence-corrected chi connectivity index (χ0v) is 20.0. The van der Waals surface area contributed by atoms with E-state index in [0.29, 0.717) is 21.9 Å². The summed E-state index contributed by atoms with van der Waals surface area (Å²) in [4.78, 5) is 43.9. The molecule has 3 atom stereocenters. The van der Waals surface area contributed by atoms with Gasteiger partial charge in [0, 0.05) is 27.8 Å². The molecule has 3 unspecified atom stereocenters. The van der Waals surface area contributed by atoms with Crippen LogP contribution in [0.25, 0.3) is 6.08 Å². The largest absolute Gasteiger partial charge is 0.497 e. The van der Waals surface area contributed by atoms with Crippen LogP contribution in [0.1, 0.15) is 44.7 Å². The van der Waals surface area contributed by atoms with E-state index >= 15 is 0 Å². The molecule has 174 valence electrons. The number of carbonyl (C=O) groups excluding carboxylic acids is 3. The minimum absolute atomic E-state index is 0.111. The highest BCUT2D eigenvalue weighted by Crippen LogP contribution is 2.60. The zero-order valence-electron chi connectivity index (χ0n) is 19.2. The molecule has 35 heavy (non-hydrogen) atoms. The van der Waals surface area contributed by atoms with Gasteiger partial charge in [-0.25, -0.2) is 0 Å². The molecule has 3 aromatic rings. The summed E-state index contributed by atoms with van der Waals surface area (Å²) in [7, 11) is 1.58. The molecular weight excluding hydrogens is 462 g/mol. The Morgan fingerprint density at radius 1 is 0.971 bits per heavy atom. The average Bonchev–Trinajstić information content (AvgIpc) is 3.30. The van der Waals surface area contributed by atoms with Crippen LogP contribution in [0.15, 0.2) is 72.8 Å². The summed E-state index contributed by atoms with van der Waals surface area (Å²) in [5.41, 5.74) is 1.74. The molecule has 1 saturated heterocycles. The summed E-state index contributed by atoms with van der Waals surface area (Å²) in [5, 5.41) is 0.576. The van der Waals surface area contributed by atoms with Crippen LogP contribution in [0.2, 0.25) is 5.02 Å². The standard InChI is InChI=1S/C29H22ClNO4/c1-16(32)26-25(17-7-11-20(35-2)12-8-17)29(27(33)21-5-3-4-6-22(21)28(29)34)24-14-9-18-15-19(30)10-13-23(18)31(24)26/h3-15,24-26H,1-2H3. The number of carbonyl (C=O) groups is 3. The van der Waals surface area contributed by atoms with Crippen LogP contribution in [-0.2, 0) is 4.79 Å². The Morgan fingerprint density at radius 2 is 1.63 bits per heavy atom. The van der Waals surface area contributed by atoms with Crippen molar-refractivity contribution in [3.8, 4) is 5.75 Å². The van der Waals surface area contributed by atoms with E-state index in [2.05, 4.69) is 0 Å². The van der Waals surface area contributed by atoms with Crippen molar-refractivity contribution < 1.29 is 19.1 Å². The van der Waals surface area contributed by atoms with Gasteiger partial charge in [0.05, 0.1) is 19.2 Å². The maximum atomic E-state index is 14.3. The van der Waals surface area contributed by atoms with E-state index in [-0.39, 0.29) is 17.3 Å². The van der Waals surface area contributed by atoms with E-state index in [0.717, 1.165) is 16.8 Å². The number of hydrogen-bond donors (Lipinski definition) is 0. The normalized spacial score (nSPS) is 23.3. The Labute approximate surface area is 208 Å². The summed E-state index contributed by atoms with van der Waals surface area (Å²) < 4.78 is 5.33. The average molecular weight is 484 g/mol. The fraction of sp³-hybridized carbons (Fsp3) is 0.207. The molecule has 2 aliphatic heterocycles. The molecule has 0 aromatic heterocycles. The van der Waals surface area contributed by atoms with Gasteiger partial charge in [0.15, 0.2) is 17.3 Å². The minimum Gasteiger partial charge on any atom is -0.497 e. The SMILES string of the molecule is COc1ccc(C2C(C(C)=O)N3c4ccc(Cl)cc4C=CC3C23C(=O)c2ccccc2C3=O)cc1. The van der Waals surface area contributed by atoms with Crippen molar-refractivity contribution in [1.29, 1.82) is 0 Å². The Balaban J connectivity index is 1.66. The smallest absolute Gasteiger partial charge is 0.180 e. The molecule has 3 aliphatic rings. The van der Waals surface area contributed by atoms with Crippen molar-refractivity contribution >= 4 is 40.7 Å². The first-order valence-corrected chi connectivity index (χ1v) is 11.9. The molecule has 1 spiro atoms. The Morgan fingerprint density at radius 3 is 2.23 bits per heavy atom. The Hall–Kier alpha value is -3.70. The lowest BCUT2D eigenvalue weighted by Gasteiger charge is -2.37. The third kappa shape index (κ3) is 2.79. The maximum Gasteiger partial charge on any atom is 0.180 e. The van der Waals surface area contributed by atoms with Crippen molar-refractivity contribution in [3.05, 3.63) is 100 Å². The lowest BCUT2D eigenvalue weighted by atomic mass is 9.64. The molecule has 0 bridgehead atoms. The lowest BCUT2D eigenvalue weighted by molar-refractivity contribution is -0.118. The van der Waals surface area contributed by atoms with Crippen LogP contribution in [0, 0.1) is 5.41 Å². The van der Waals surface area contributed by atoms with Gasteiger partial charge >= 0.3 is 0 Å². The molecule has 6 heteroatoms. The molecule has 0 saturated carbocycles. The first-order valence-electron chi connectivity index (χ1n) is 11.5. The van der Waals surface area contributed by atoms with Gasteiger partial charge in [-0.2, -0.15) is 0 Å². The van der Waals surface area contributed by atoms with E-state index in [9.17, 15) is 14.4 Å². The van der Waals surface area contributed by atoms with E-state index in [1.807, 2.05) is 41.3 Å². The van der Waals surface area contributed by atoms with Crippen molar-refractivity contribution in [2.45, 2.75) is 24.9 Å². The summed E-state index contributed by atoms with van der Waals surface area (Å²) in [6.07, 6.45) is 3.79. The van der Waals surface area contributed by atoms with Crippen molar-refractivity contribution in [3.63, 3.8) is 0 Å². The Kier molecular flexibility index (Phi) is 4.77. The molecule has 1 fully saturated rings. The minimum atomic E-state index is -1.47. The molecule has 0 radical (unpaired) electrons. The highest BCUT2D eigenvalue weighted by molar-refractivity contribution is 6.32. The van der Waals surface area contributed by atoms with Gasteiger partial charge in [0.25, 0.3) is 0 Å². The number of hydrogen-bond acceptors (Lipinski definition) is 5. The predicted octanol–water partition coefficient (Wildman–Crippen LogP) is 5.37. The number of anilines is 1. The summed E-state index contributed by atoms with van der Waals surface area (Å²) in [6.45, 7) is 1.53. The third-order valence-electron chi connectivity index (χ3n) is 7.66. The number of nitrogens with zero attached hydrogens (tertiary/aromatic N) is 1. The highest BCUT2D eigenvalue weighted by Gasteiger charge is 2.71. The molecule has 6 rings (SSSR count). The highest BCUT2D eigenvalue weighted by atomic mass is 35.5. The first-order chi connectivity index (χ1) is 16.9. The first kappa shape index (κ1) is 21.8. The van der Waals surface area contributed by atoms with Crippen molar-refractivity contribution in [2.24, 2.45) is 5.41 Å².